The molecule has 10 aromatic rings. The minimum Gasteiger partial charge on any atom is -0.310 e. The van der Waals surface area contributed by atoms with Gasteiger partial charge in [-0.3, -0.25) is 0 Å². The fourth-order valence-electron chi connectivity index (χ4n) is 12.1. The molecule has 13 rings (SSSR count). The summed E-state index contributed by atoms with van der Waals surface area (Å²) in [5.41, 5.74) is 20.5. The van der Waals surface area contributed by atoms with Crippen LogP contribution < -0.4 is 4.90 Å². The minimum absolute atomic E-state index is 0.490. The fraction of sp³-hybridized carbons (Fsp3) is 0.0625. The Labute approximate surface area is 389 Å². The van der Waals surface area contributed by atoms with E-state index in [1.807, 2.05) is 0 Å². The van der Waals surface area contributed by atoms with Crippen molar-refractivity contribution in [2.45, 2.75) is 20.6 Å². The van der Waals surface area contributed by atoms with Crippen LogP contribution in [0.3, 0.4) is 0 Å². The van der Waals surface area contributed by atoms with Crippen LogP contribution in [0.4, 0.5) is 17.1 Å². The third-order valence-electron chi connectivity index (χ3n) is 14.9. The lowest BCUT2D eigenvalue weighted by atomic mass is 9.67. The molecule has 0 radical (unpaired) electrons. The molecule has 0 amide bonds. The molecule has 1 spiro atoms. The van der Waals surface area contributed by atoms with E-state index in [2.05, 4.69) is 266 Å². The van der Waals surface area contributed by atoms with E-state index < -0.39 is 20.9 Å². The zero-order valence-corrected chi connectivity index (χ0v) is 37.8. The molecule has 314 valence electrons. The Kier molecular flexibility index (Phi) is 8.63. The summed E-state index contributed by atoms with van der Waals surface area (Å²) in [6, 6.07) is 93.5. The third kappa shape index (κ3) is 5.31. The van der Waals surface area contributed by atoms with E-state index in [0.29, 0.717) is 0 Å². The smallest absolute Gasteiger partial charge is 0.0735 e. The molecule has 3 aliphatic rings. The summed E-state index contributed by atoms with van der Waals surface area (Å²) in [7, 11) is -1.31. The summed E-state index contributed by atoms with van der Waals surface area (Å²) in [5.74, 6) is 0. The van der Waals surface area contributed by atoms with Crippen molar-refractivity contribution in [3.63, 3.8) is 0 Å². The second-order valence-electron chi connectivity index (χ2n) is 18.4. The van der Waals surface area contributed by atoms with E-state index >= 15 is 0 Å². The molecule has 0 unspecified atom stereocenters. The van der Waals surface area contributed by atoms with Crippen molar-refractivity contribution < 1.29 is 0 Å². The Hall–Kier alpha value is -7.65. The van der Waals surface area contributed by atoms with E-state index in [-0.39, 0.29) is 0 Å². The average molecular weight is 862 g/mol. The first kappa shape index (κ1) is 38.8. The Morgan fingerprint density at radius 2 is 0.652 bits per heavy atom. The van der Waals surface area contributed by atoms with Gasteiger partial charge in [0.2, 0.25) is 0 Å². The second-order valence-corrected chi connectivity index (χ2v) is 21.9. The summed E-state index contributed by atoms with van der Waals surface area (Å²) in [6.45, 7) is 0. The number of fused-ring (bicyclic) bond motifs is 12. The maximum absolute atomic E-state index is 2.53. The molecule has 10 aromatic carbocycles. The maximum atomic E-state index is 2.53. The zero-order valence-electron chi connectivity index (χ0n) is 37.0. The molecular weight excluding hydrogens is 815 g/mol. The first-order valence-corrected chi connectivity index (χ1v) is 25.4. The molecule has 0 saturated carbocycles. The van der Waals surface area contributed by atoms with E-state index in [0.717, 1.165) is 17.1 Å². The van der Waals surface area contributed by atoms with Crippen LogP contribution in [0.15, 0.2) is 259 Å². The van der Waals surface area contributed by atoms with Crippen molar-refractivity contribution in [1.29, 1.82) is 0 Å². The van der Waals surface area contributed by atoms with Crippen LogP contribution in [-0.4, -0.2) is 12.5 Å². The molecule has 0 atom stereocenters. The molecule has 0 saturated heterocycles. The summed E-state index contributed by atoms with van der Waals surface area (Å²) >= 11 is 0. The highest BCUT2D eigenvalue weighted by Gasteiger charge is 2.53. The highest BCUT2D eigenvalue weighted by Crippen LogP contribution is 2.71. The number of rotatable bonds is 6. The first-order valence-electron chi connectivity index (χ1n) is 23.0. The van der Waals surface area contributed by atoms with Crippen LogP contribution in [0.5, 0.6) is 0 Å². The lowest BCUT2D eigenvalue weighted by Crippen LogP contribution is -2.34. The maximum Gasteiger partial charge on any atom is 0.0735 e. The van der Waals surface area contributed by atoms with Gasteiger partial charge < -0.3 is 4.90 Å². The number of nitrogens with zero attached hydrogens (tertiary/aromatic N) is 1. The summed E-state index contributed by atoms with van der Waals surface area (Å²) in [5, 5.41) is 0. The van der Waals surface area contributed by atoms with Crippen LogP contribution >= 0.6 is 10.0 Å². The topological polar surface area (TPSA) is 3.24 Å². The molecule has 66 heavy (non-hydrogen) atoms. The lowest BCUT2D eigenvalue weighted by Gasteiger charge is -2.49. The van der Waals surface area contributed by atoms with Gasteiger partial charge in [0.05, 0.1) is 10.8 Å². The highest BCUT2D eigenvalue weighted by molar-refractivity contribution is 8.32. The van der Waals surface area contributed by atoms with Crippen molar-refractivity contribution in [1.82, 2.24) is 0 Å². The lowest BCUT2D eigenvalue weighted by molar-refractivity contribution is 0.718. The summed E-state index contributed by atoms with van der Waals surface area (Å²) in [4.78, 5) is 5.42. The molecule has 1 aliphatic heterocycles. The Morgan fingerprint density at radius 3 is 1.17 bits per heavy atom. The molecule has 2 aliphatic carbocycles. The second kappa shape index (κ2) is 14.7. The van der Waals surface area contributed by atoms with Crippen LogP contribution in [0.25, 0.3) is 33.4 Å². The predicted molar refractivity (Wildman–Crippen MR) is 277 cm³/mol. The fourth-order valence-corrected chi connectivity index (χ4v) is 14.8. The molecule has 1 nitrogen and oxygen atoms in total. The summed E-state index contributed by atoms with van der Waals surface area (Å²) < 4.78 is 0. The Morgan fingerprint density at radius 1 is 0.288 bits per heavy atom. The van der Waals surface area contributed by atoms with Crippen molar-refractivity contribution >= 4 is 27.1 Å². The molecule has 1 heterocycles. The highest BCUT2D eigenvalue weighted by atomic mass is 32.3. The number of hydrogen-bond donors (Lipinski definition) is 0. The minimum atomic E-state index is -1.31. The largest absolute Gasteiger partial charge is 0.310 e. The SMILES string of the molecule is CS1(C)c2ccccc2C2(c3ccccc3-c3ccc(N(c4ccc(-c5ccccc5)cc4)c4ccc5c(c4)C(c4ccccc4)(c4ccccc4)c4ccccc4-5)cc32)c2ccccc21. The Balaban J connectivity index is 1.09. The van der Waals surface area contributed by atoms with Crippen molar-refractivity contribution in [3.05, 3.63) is 293 Å². The van der Waals surface area contributed by atoms with Gasteiger partial charge in [-0.1, -0.05) is 200 Å². The molecule has 0 aromatic heterocycles. The van der Waals surface area contributed by atoms with Gasteiger partial charge in [-0.25, -0.2) is 0 Å². The van der Waals surface area contributed by atoms with Gasteiger partial charge in [-0.15, -0.1) is 0 Å². The third-order valence-corrected chi connectivity index (χ3v) is 17.8. The van der Waals surface area contributed by atoms with E-state index in [9.17, 15) is 0 Å². The van der Waals surface area contributed by atoms with Crippen molar-refractivity contribution in [3.8, 4) is 33.4 Å². The van der Waals surface area contributed by atoms with Crippen molar-refractivity contribution in [2.75, 3.05) is 17.4 Å². The van der Waals surface area contributed by atoms with E-state index in [4.69, 9.17) is 0 Å². The summed E-state index contributed by atoms with van der Waals surface area (Å²) in [6.07, 6.45) is 4.96. The van der Waals surface area contributed by atoms with E-state index in [1.165, 1.54) is 87.7 Å². The number of anilines is 3. The van der Waals surface area contributed by atoms with Crippen LogP contribution in [0, 0.1) is 0 Å². The van der Waals surface area contributed by atoms with Gasteiger partial charge in [0.15, 0.2) is 0 Å². The zero-order chi connectivity index (χ0) is 44.0. The van der Waals surface area contributed by atoms with Gasteiger partial charge in [-0.05, 0) is 149 Å². The van der Waals surface area contributed by atoms with E-state index in [1.54, 1.807) is 0 Å². The monoisotopic (exact) mass is 861 g/mol. The number of benzene rings is 10. The normalized spacial score (nSPS) is 15.4. The number of hydrogen-bond acceptors (Lipinski definition) is 1. The van der Waals surface area contributed by atoms with Crippen molar-refractivity contribution in [2.24, 2.45) is 0 Å². The van der Waals surface area contributed by atoms with Crippen LogP contribution in [0.1, 0.15) is 44.5 Å². The van der Waals surface area contributed by atoms with Gasteiger partial charge in [0.1, 0.15) is 0 Å². The van der Waals surface area contributed by atoms with Gasteiger partial charge in [0.25, 0.3) is 0 Å². The Bertz CT molecular complexity index is 3410. The molecule has 2 heteroatoms. The molecule has 0 bridgehead atoms. The average Bonchev–Trinajstić information content (AvgIpc) is 3.85. The standard InChI is InChI=1S/C64H47NS/c1-66(2)61-32-18-16-30-57(61)64(58-31-17-19-33-62(58)66)56-29-15-13-27-52(56)54-41-39-50(43-60(54)64)65(48-36-34-45(35-37-48)44-20-6-3-7-21-44)49-38-40-53-51-26-12-14-28-55(51)63(59(53)42-49,46-22-8-4-9-23-46)47-24-10-5-11-25-47/h3-43H,1-2H3. The predicted octanol–water partition coefficient (Wildman–Crippen LogP) is 16.3. The first-order chi connectivity index (χ1) is 32.5. The quantitative estimate of drug-likeness (QED) is 0.161. The molecule has 0 N–H and O–H groups in total. The van der Waals surface area contributed by atoms with Gasteiger partial charge in [0, 0.05) is 17.1 Å². The van der Waals surface area contributed by atoms with Gasteiger partial charge in [-0.2, -0.15) is 10.0 Å². The van der Waals surface area contributed by atoms with Crippen LogP contribution in [-0.2, 0) is 10.8 Å². The van der Waals surface area contributed by atoms with Crippen LogP contribution in [0.2, 0.25) is 0 Å². The molecular formula is C64H47NS. The van der Waals surface area contributed by atoms with Gasteiger partial charge >= 0.3 is 0 Å². The molecule has 0 fully saturated rings.